The van der Waals surface area contributed by atoms with Crippen molar-refractivity contribution >= 4 is 46.4 Å². The maximum atomic E-state index is 6.56. The minimum atomic E-state index is 0.644. The van der Waals surface area contributed by atoms with Gasteiger partial charge in [0, 0.05) is 55.4 Å². The van der Waals surface area contributed by atoms with Crippen LogP contribution in [0, 0.1) is 0 Å². The molecule has 8 bridgehead atoms. The highest BCUT2D eigenvalue weighted by Gasteiger charge is 2.21. The Bertz CT molecular complexity index is 2600. The van der Waals surface area contributed by atoms with Crippen molar-refractivity contribution in [3.8, 4) is 50.6 Å². The van der Waals surface area contributed by atoms with Crippen molar-refractivity contribution < 1.29 is 14.2 Å². The third kappa shape index (κ3) is 9.11. The van der Waals surface area contributed by atoms with Crippen molar-refractivity contribution in [3.05, 3.63) is 126 Å². The van der Waals surface area contributed by atoms with Crippen molar-refractivity contribution in [2.75, 3.05) is 19.8 Å². The quantitative estimate of drug-likeness (QED) is 0.0845. The van der Waals surface area contributed by atoms with Gasteiger partial charge in [-0.1, -0.05) is 114 Å². The van der Waals surface area contributed by atoms with Crippen LogP contribution in [-0.4, -0.2) is 39.8 Å². The second-order valence-electron chi connectivity index (χ2n) is 15.5. The van der Waals surface area contributed by atoms with E-state index in [4.69, 9.17) is 24.2 Å². The number of unbranched alkanes of at least 4 members (excludes halogenated alkanes) is 6. The Morgan fingerprint density at radius 3 is 1.28 bits per heavy atom. The number of aromatic nitrogens is 4. The van der Waals surface area contributed by atoms with Gasteiger partial charge < -0.3 is 24.2 Å². The van der Waals surface area contributed by atoms with Crippen LogP contribution in [0.4, 0.5) is 0 Å². The molecular weight excluding hydrogens is 741 g/mol. The summed E-state index contributed by atoms with van der Waals surface area (Å²) >= 11 is 0. The van der Waals surface area contributed by atoms with E-state index in [9.17, 15) is 0 Å². The number of fused-ring (bicyclic) bond motifs is 8. The van der Waals surface area contributed by atoms with E-state index >= 15 is 0 Å². The number of para-hydroxylation sites is 3. The Hall–Kier alpha value is -6.34. The largest absolute Gasteiger partial charge is 0.493 e. The normalized spacial score (nSPS) is 11.9. The molecule has 0 fully saturated rings. The molecule has 0 unspecified atom stereocenters. The Morgan fingerprint density at radius 2 is 0.817 bits per heavy atom. The fourth-order valence-electron chi connectivity index (χ4n) is 7.99. The third-order valence-electron chi connectivity index (χ3n) is 11.1. The average molecular weight is 797 g/mol. The first kappa shape index (κ1) is 40.4. The fourth-order valence-corrected chi connectivity index (χ4v) is 7.99. The van der Waals surface area contributed by atoms with Crippen molar-refractivity contribution in [1.29, 1.82) is 0 Å². The number of nitrogens with zero attached hydrogens (tertiary/aromatic N) is 2. The number of benzene rings is 3. The molecule has 7 nitrogen and oxygen atoms in total. The van der Waals surface area contributed by atoms with E-state index in [1.807, 2.05) is 18.2 Å². The molecule has 5 heterocycles. The number of aromatic amines is 2. The first-order valence-electron chi connectivity index (χ1n) is 21.9. The molecule has 3 aromatic carbocycles. The minimum Gasteiger partial charge on any atom is -0.493 e. The van der Waals surface area contributed by atoms with Crippen molar-refractivity contribution in [1.82, 2.24) is 19.9 Å². The molecule has 8 rings (SSSR count). The predicted molar refractivity (Wildman–Crippen MR) is 250 cm³/mol. The molecule has 60 heavy (non-hydrogen) atoms. The van der Waals surface area contributed by atoms with E-state index in [2.05, 4.69) is 140 Å². The molecule has 0 radical (unpaired) electrons. The van der Waals surface area contributed by atoms with E-state index in [-0.39, 0.29) is 0 Å². The van der Waals surface area contributed by atoms with E-state index in [0.29, 0.717) is 19.8 Å². The topological polar surface area (TPSA) is 85.1 Å². The molecule has 306 valence electrons. The van der Waals surface area contributed by atoms with Crippen LogP contribution in [0.1, 0.15) is 101 Å². The second-order valence-corrected chi connectivity index (χ2v) is 15.5. The van der Waals surface area contributed by atoms with Crippen molar-refractivity contribution in [2.24, 2.45) is 0 Å². The second kappa shape index (κ2) is 19.6. The van der Waals surface area contributed by atoms with Crippen LogP contribution in [0.5, 0.6) is 17.2 Å². The predicted octanol–water partition coefficient (Wildman–Crippen LogP) is 14.4. The lowest BCUT2D eigenvalue weighted by Crippen LogP contribution is -2.00. The van der Waals surface area contributed by atoms with Gasteiger partial charge in [0.05, 0.1) is 42.6 Å². The van der Waals surface area contributed by atoms with Gasteiger partial charge in [0.25, 0.3) is 0 Å². The molecule has 0 aliphatic carbocycles. The summed E-state index contributed by atoms with van der Waals surface area (Å²) in [5, 5.41) is 0. The summed E-state index contributed by atoms with van der Waals surface area (Å²) in [6.45, 7) is 8.60. The van der Waals surface area contributed by atoms with Gasteiger partial charge in [-0.25, -0.2) is 9.97 Å². The summed E-state index contributed by atoms with van der Waals surface area (Å²) in [5.41, 5.74) is 13.0. The van der Waals surface area contributed by atoms with Crippen LogP contribution >= 0.6 is 0 Å². The monoisotopic (exact) mass is 796 g/mol. The van der Waals surface area contributed by atoms with Gasteiger partial charge in [-0.05, 0) is 92.1 Å². The number of rotatable bonds is 18. The SMILES string of the molecule is CCCCCOc1ccccc1-c1c2nc(c(-c3ccccc3OCCCCC)c3ccc([nH]3)c(-c3ccccc3OCCCCC)c3nc(cc4ccc1[nH]4)C=C3)C=C2. The van der Waals surface area contributed by atoms with Crippen LogP contribution in [0.3, 0.4) is 0 Å². The lowest BCUT2D eigenvalue weighted by molar-refractivity contribution is 0.307. The van der Waals surface area contributed by atoms with Crippen LogP contribution in [0.15, 0.2) is 103 Å². The summed E-state index contributed by atoms with van der Waals surface area (Å²) < 4.78 is 19.6. The lowest BCUT2D eigenvalue weighted by Gasteiger charge is -2.13. The lowest BCUT2D eigenvalue weighted by atomic mass is 10.0. The van der Waals surface area contributed by atoms with Crippen LogP contribution in [0.2, 0.25) is 0 Å². The third-order valence-corrected chi connectivity index (χ3v) is 11.1. The molecule has 2 N–H and O–H groups in total. The van der Waals surface area contributed by atoms with Crippen LogP contribution < -0.4 is 14.2 Å². The van der Waals surface area contributed by atoms with E-state index in [0.717, 1.165) is 153 Å². The molecule has 0 saturated heterocycles. The molecular formula is C53H56N4O3. The standard InChI is InChI=1S/C53H56N4O3/c1-4-7-16-33-58-48-22-13-10-19-39(48)51-42-27-25-37(54-42)36-38-26-28-43(55-38)52(40-20-11-14-23-49(40)59-34-17-8-5-2)45-30-32-47(57-45)53(46-31-29-44(51)56-46)41-21-12-15-24-50(41)60-35-18-9-6-3/h10-15,19-32,36,54,57H,4-9,16-18,33-35H2,1-3H3. The molecule has 2 aliphatic heterocycles. The van der Waals surface area contributed by atoms with Gasteiger partial charge in [0.1, 0.15) is 17.2 Å². The number of nitrogens with one attached hydrogen (secondary N) is 2. The first-order chi connectivity index (χ1) is 29.6. The zero-order valence-corrected chi connectivity index (χ0v) is 35.2. The smallest absolute Gasteiger partial charge is 0.127 e. The van der Waals surface area contributed by atoms with Gasteiger partial charge in [-0.15, -0.1) is 0 Å². The van der Waals surface area contributed by atoms with Crippen LogP contribution in [-0.2, 0) is 0 Å². The first-order valence-corrected chi connectivity index (χ1v) is 21.9. The molecule has 0 amide bonds. The highest BCUT2D eigenvalue weighted by atomic mass is 16.5. The Morgan fingerprint density at radius 1 is 0.417 bits per heavy atom. The average Bonchev–Trinajstić information content (AvgIpc) is 4.12. The maximum absolute atomic E-state index is 6.56. The Kier molecular flexibility index (Phi) is 13.2. The number of H-pyrrole nitrogens is 2. The van der Waals surface area contributed by atoms with Crippen molar-refractivity contribution in [2.45, 2.75) is 78.6 Å². The van der Waals surface area contributed by atoms with Gasteiger partial charge in [0.15, 0.2) is 0 Å². The maximum Gasteiger partial charge on any atom is 0.127 e. The number of hydrogen-bond acceptors (Lipinski definition) is 5. The summed E-state index contributed by atoms with van der Waals surface area (Å²) in [7, 11) is 0. The molecule has 0 atom stereocenters. The number of ether oxygens (including phenoxy) is 3. The zero-order valence-electron chi connectivity index (χ0n) is 35.2. The minimum absolute atomic E-state index is 0.644. The van der Waals surface area contributed by atoms with E-state index in [1.165, 1.54) is 0 Å². The fraction of sp³-hybridized carbons (Fsp3) is 0.283. The van der Waals surface area contributed by atoms with Gasteiger partial charge in [-0.3, -0.25) is 0 Å². The molecule has 0 saturated carbocycles. The van der Waals surface area contributed by atoms with Crippen LogP contribution in [0.25, 0.3) is 79.8 Å². The zero-order chi connectivity index (χ0) is 41.1. The van der Waals surface area contributed by atoms with Crippen molar-refractivity contribution in [3.63, 3.8) is 0 Å². The highest BCUT2D eigenvalue weighted by Crippen LogP contribution is 2.42. The molecule has 7 heteroatoms. The molecule has 2 aliphatic rings. The summed E-state index contributed by atoms with van der Waals surface area (Å²) in [6.07, 6.45) is 18.2. The molecule has 0 spiro atoms. The number of hydrogen-bond donors (Lipinski definition) is 2. The van der Waals surface area contributed by atoms with Gasteiger partial charge >= 0.3 is 0 Å². The van der Waals surface area contributed by atoms with Gasteiger partial charge in [-0.2, -0.15) is 0 Å². The Labute approximate surface area is 354 Å². The summed E-state index contributed by atoms with van der Waals surface area (Å²) in [5.74, 6) is 2.51. The Balaban J connectivity index is 1.42. The van der Waals surface area contributed by atoms with Gasteiger partial charge in [0.2, 0.25) is 0 Å². The summed E-state index contributed by atoms with van der Waals surface area (Å²) in [4.78, 5) is 18.4. The van der Waals surface area contributed by atoms with E-state index in [1.54, 1.807) is 0 Å². The molecule has 6 aromatic rings. The van der Waals surface area contributed by atoms with E-state index < -0.39 is 0 Å². The highest BCUT2D eigenvalue weighted by molar-refractivity contribution is 5.99. The molecule has 3 aromatic heterocycles. The summed E-state index contributed by atoms with van der Waals surface area (Å²) in [6, 6.07) is 35.6.